The molecule has 0 aliphatic heterocycles. The van der Waals surface area contributed by atoms with Gasteiger partial charge in [-0.1, -0.05) is 53.6 Å². The topological polar surface area (TPSA) is 12.0 Å². The first-order valence-electron chi connectivity index (χ1n) is 6.97. The van der Waals surface area contributed by atoms with Crippen molar-refractivity contribution in [3.05, 3.63) is 70.3 Å². The van der Waals surface area contributed by atoms with Crippen LogP contribution in [0.1, 0.15) is 27.8 Å². The van der Waals surface area contributed by atoms with E-state index in [0.29, 0.717) is 0 Å². The number of nitrogens with one attached hydrogen (secondary N) is 1. The normalized spacial score (nSPS) is 10.7. The molecule has 19 heavy (non-hydrogen) atoms. The minimum absolute atomic E-state index is 0.956. The maximum atomic E-state index is 3.53. The van der Waals surface area contributed by atoms with Gasteiger partial charge in [-0.3, -0.25) is 0 Å². The van der Waals surface area contributed by atoms with Gasteiger partial charge in [-0.25, -0.2) is 0 Å². The second-order valence-electron chi connectivity index (χ2n) is 5.35. The molecular weight excluding hydrogens is 230 g/mol. The fourth-order valence-electron chi connectivity index (χ4n) is 2.37. The van der Waals surface area contributed by atoms with Crippen molar-refractivity contribution in [3.63, 3.8) is 0 Å². The molecule has 0 atom stereocenters. The van der Waals surface area contributed by atoms with Gasteiger partial charge in [-0.2, -0.15) is 0 Å². The van der Waals surface area contributed by atoms with Gasteiger partial charge >= 0.3 is 0 Å². The molecule has 0 saturated heterocycles. The van der Waals surface area contributed by atoms with Gasteiger partial charge in [0.1, 0.15) is 0 Å². The van der Waals surface area contributed by atoms with E-state index in [9.17, 15) is 0 Å². The van der Waals surface area contributed by atoms with Gasteiger partial charge in [0.05, 0.1) is 0 Å². The fraction of sp³-hybridized carbons (Fsp3) is 0.333. The molecular formula is C18H23N. The Labute approximate surface area is 116 Å². The van der Waals surface area contributed by atoms with Crippen molar-refractivity contribution < 1.29 is 0 Å². The summed E-state index contributed by atoms with van der Waals surface area (Å²) in [7, 11) is 0. The molecule has 0 radical (unpaired) electrons. The standard InChI is InChI=1S/C18H23N/c1-14-5-4-6-17(12-14)9-10-19-13-18-8-7-15(2)11-16(18)3/h4-8,11-12,19H,9-10,13H2,1-3H3. The van der Waals surface area contributed by atoms with Gasteiger partial charge in [0.15, 0.2) is 0 Å². The summed E-state index contributed by atoms with van der Waals surface area (Å²) < 4.78 is 0. The zero-order valence-electron chi connectivity index (χ0n) is 12.2. The van der Waals surface area contributed by atoms with Gasteiger partial charge < -0.3 is 5.32 Å². The second kappa shape index (κ2) is 6.53. The average molecular weight is 253 g/mol. The summed E-state index contributed by atoms with van der Waals surface area (Å²) >= 11 is 0. The lowest BCUT2D eigenvalue weighted by atomic mass is 10.1. The highest BCUT2D eigenvalue weighted by Gasteiger charge is 1.98. The zero-order valence-corrected chi connectivity index (χ0v) is 12.2. The van der Waals surface area contributed by atoms with Crippen molar-refractivity contribution in [1.82, 2.24) is 5.32 Å². The molecule has 100 valence electrons. The first-order chi connectivity index (χ1) is 9.15. The van der Waals surface area contributed by atoms with Crippen LogP contribution in [0.2, 0.25) is 0 Å². The van der Waals surface area contributed by atoms with E-state index in [1.807, 2.05) is 0 Å². The molecule has 2 aromatic carbocycles. The third-order valence-electron chi connectivity index (χ3n) is 3.49. The number of hydrogen-bond acceptors (Lipinski definition) is 1. The Bertz CT molecular complexity index is 543. The largest absolute Gasteiger partial charge is 0.312 e. The summed E-state index contributed by atoms with van der Waals surface area (Å²) in [5.74, 6) is 0. The maximum Gasteiger partial charge on any atom is 0.0208 e. The number of aryl methyl sites for hydroxylation is 3. The van der Waals surface area contributed by atoms with Crippen molar-refractivity contribution in [1.29, 1.82) is 0 Å². The van der Waals surface area contributed by atoms with E-state index in [0.717, 1.165) is 19.5 Å². The maximum absolute atomic E-state index is 3.53. The first-order valence-corrected chi connectivity index (χ1v) is 6.97. The minimum atomic E-state index is 0.956. The molecule has 0 heterocycles. The Hall–Kier alpha value is -1.60. The number of hydrogen-bond donors (Lipinski definition) is 1. The molecule has 2 aromatic rings. The van der Waals surface area contributed by atoms with E-state index in [-0.39, 0.29) is 0 Å². The van der Waals surface area contributed by atoms with Crippen LogP contribution in [0.3, 0.4) is 0 Å². The first kappa shape index (κ1) is 13.8. The predicted molar refractivity (Wildman–Crippen MR) is 82.5 cm³/mol. The van der Waals surface area contributed by atoms with E-state index in [1.54, 1.807) is 0 Å². The van der Waals surface area contributed by atoms with Crippen LogP contribution in [0.25, 0.3) is 0 Å². The smallest absolute Gasteiger partial charge is 0.0208 e. The Kier molecular flexibility index (Phi) is 4.75. The van der Waals surface area contributed by atoms with E-state index < -0.39 is 0 Å². The summed E-state index contributed by atoms with van der Waals surface area (Å²) in [4.78, 5) is 0. The van der Waals surface area contributed by atoms with Crippen LogP contribution in [0.5, 0.6) is 0 Å². The van der Waals surface area contributed by atoms with Crippen molar-refractivity contribution in [3.8, 4) is 0 Å². The lowest BCUT2D eigenvalue weighted by Gasteiger charge is -2.09. The molecule has 1 N–H and O–H groups in total. The lowest BCUT2D eigenvalue weighted by molar-refractivity contribution is 0.684. The Morgan fingerprint density at radius 2 is 1.68 bits per heavy atom. The van der Waals surface area contributed by atoms with Gasteiger partial charge in [-0.15, -0.1) is 0 Å². The van der Waals surface area contributed by atoms with Crippen LogP contribution in [0.4, 0.5) is 0 Å². The van der Waals surface area contributed by atoms with E-state index in [2.05, 4.69) is 68.6 Å². The minimum Gasteiger partial charge on any atom is -0.312 e. The molecule has 0 spiro atoms. The van der Waals surface area contributed by atoms with Gasteiger partial charge in [-0.05, 0) is 50.4 Å². The SMILES string of the molecule is Cc1cccc(CCNCc2ccc(C)cc2C)c1. The average Bonchev–Trinajstić information content (AvgIpc) is 2.37. The second-order valence-corrected chi connectivity index (χ2v) is 5.35. The van der Waals surface area contributed by atoms with Crippen molar-refractivity contribution in [2.45, 2.75) is 33.7 Å². The van der Waals surface area contributed by atoms with Crippen molar-refractivity contribution in [2.75, 3.05) is 6.54 Å². The summed E-state index contributed by atoms with van der Waals surface area (Å²) in [5, 5.41) is 3.53. The summed E-state index contributed by atoms with van der Waals surface area (Å²) in [6.45, 7) is 8.45. The molecule has 0 unspecified atom stereocenters. The zero-order chi connectivity index (χ0) is 13.7. The molecule has 1 heteroatoms. The molecule has 1 nitrogen and oxygen atoms in total. The number of rotatable bonds is 5. The Balaban J connectivity index is 1.81. The molecule has 0 fully saturated rings. The van der Waals surface area contributed by atoms with Crippen LogP contribution >= 0.6 is 0 Å². The highest BCUT2D eigenvalue weighted by atomic mass is 14.8. The predicted octanol–water partition coefficient (Wildman–Crippen LogP) is 3.94. The van der Waals surface area contributed by atoms with Crippen molar-refractivity contribution >= 4 is 0 Å². The molecule has 0 bridgehead atoms. The highest BCUT2D eigenvalue weighted by molar-refractivity contribution is 5.30. The molecule has 0 amide bonds. The Morgan fingerprint density at radius 1 is 0.895 bits per heavy atom. The van der Waals surface area contributed by atoms with Crippen LogP contribution in [-0.2, 0) is 13.0 Å². The van der Waals surface area contributed by atoms with Crippen LogP contribution in [0, 0.1) is 20.8 Å². The third kappa shape index (κ3) is 4.22. The summed E-state index contributed by atoms with van der Waals surface area (Å²) in [6, 6.07) is 15.4. The molecule has 0 aliphatic rings. The van der Waals surface area contributed by atoms with Gasteiger partial charge in [0, 0.05) is 6.54 Å². The third-order valence-corrected chi connectivity index (χ3v) is 3.49. The molecule has 0 aliphatic carbocycles. The van der Waals surface area contributed by atoms with E-state index in [1.165, 1.54) is 27.8 Å². The molecule has 0 saturated carbocycles. The van der Waals surface area contributed by atoms with Crippen molar-refractivity contribution in [2.24, 2.45) is 0 Å². The number of benzene rings is 2. The van der Waals surface area contributed by atoms with Crippen LogP contribution < -0.4 is 5.32 Å². The highest BCUT2D eigenvalue weighted by Crippen LogP contribution is 2.10. The monoisotopic (exact) mass is 253 g/mol. The summed E-state index contributed by atoms with van der Waals surface area (Å²) in [5.41, 5.74) is 6.86. The fourth-order valence-corrected chi connectivity index (χ4v) is 2.37. The quantitative estimate of drug-likeness (QED) is 0.796. The molecule has 0 aromatic heterocycles. The lowest BCUT2D eigenvalue weighted by Crippen LogP contribution is -2.17. The van der Waals surface area contributed by atoms with Gasteiger partial charge in [0.2, 0.25) is 0 Å². The summed E-state index contributed by atoms with van der Waals surface area (Å²) in [6.07, 6.45) is 1.09. The van der Waals surface area contributed by atoms with E-state index in [4.69, 9.17) is 0 Å². The van der Waals surface area contributed by atoms with Gasteiger partial charge in [0.25, 0.3) is 0 Å². The van der Waals surface area contributed by atoms with Crippen LogP contribution in [-0.4, -0.2) is 6.54 Å². The van der Waals surface area contributed by atoms with Crippen LogP contribution in [0.15, 0.2) is 42.5 Å². The Morgan fingerprint density at radius 3 is 2.42 bits per heavy atom. The molecule has 2 rings (SSSR count). The van der Waals surface area contributed by atoms with E-state index >= 15 is 0 Å².